The highest BCUT2D eigenvalue weighted by Gasteiger charge is 2.44. The molecule has 0 aliphatic carbocycles. The van der Waals surface area contributed by atoms with E-state index in [-0.39, 0.29) is 55.0 Å². The van der Waals surface area contributed by atoms with E-state index in [0.29, 0.717) is 43.2 Å². The predicted octanol–water partition coefficient (Wildman–Crippen LogP) is 11.2. The SMILES string of the molecule is Cc1ncsc1-c1ccc(CCC(=O)[C@@H]2C[C@@H](O)CN2C(=O)[C@@H](NC(=O)CCc2cccc(-c3ccn(CCOc4ccc(Oc5c(-c6ccc(F)cc6)sc6cc(O)ccc56)cc4)n3)c2)C(C)(C)C)cc1. The Morgan fingerprint density at radius 1 is 0.847 bits per heavy atom. The monoisotopic (exact) mass is 1010 g/mol. The van der Waals surface area contributed by atoms with E-state index in [9.17, 15) is 29.0 Å². The van der Waals surface area contributed by atoms with Gasteiger partial charge in [-0.25, -0.2) is 9.37 Å². The summed E-state index contributed by atoms with van der Waals surface area (Å²) in [4.78, 5) is 49.2. The molecule has 0 radical (unpaired) electrons. The molecule has 2 amide bonds. The number of aliphatic hydroxyl groups excluding tert-OH is 1. The van der Waals surface area contributed by atoms with E-state index in [0.717, 1.165) is 59.0 Å². The number of thiophene rings is 1. The molecule has 0 saturated carbocycles. The minimum atomic E-state index is -0.903. The lowest BCUT2D eigenvalue weighted by Gasteiger charge is -2.35. The first-order valence-electron chi connectivity index (χ1n) is 24.0. The maximum Gasteiger partial charge on any atom is 0.246 e. The van der Waals surface area contributed by atoms with Crippen LogP contribution in [-0.4, -0.2) is 78.8 Å². The number of amides is 2. The second kappa shape index (κ2) is 21.7. The molecule has 370 valence electrons. The number of aromatic nitrogens is 3. The van der Waals surface area contributed by atoms with Crippen molar-refractivity contribution >= 4 is 50.4 Å². The Labute approximate surface area is 425 Å². The van der Waals surface area contributed by atoms with Crippen molar-refractivity contribution in [1.29, 1.82) is 0 Å². The number of phenolic OH excluding ortho intramolecular Hbond substituents is 1. The summed E-state index contributed by atoms with van der Waals surface area (Å²) >= 11 is 3.05. The molecule has 1 saturated heterocycles. The maximum absolute atomic E-state index is 14.2. The molecule has 0 unspecified atom stereocenters. The number of thiazole rings is 1. The van der Waals surface area contributed by atoms with Crippen LogP contribution in [0.2, 0.25) is 0 Å². The van der Waals surface area contributed by atoms with E-state index in [4.69, 9.17) is 14.6 Å². The summed E-state index contributed by atoms with van der Waals surface area (Å²) in [6.45, 7) is 8.53. The van der Waals surface area contributed by atoms with Gasteiger partial charge in [0.05, 0.1) is 45.3 Å². The quantitative estimate of drug-likeness (QED) is 0.0761. The molecule has 1 aliphatic heterocycles. The van der Waals surface area contributed by atoms with Crippen molar-refractivity contribution < 1.29 is 38.5 Å². The van der Waals surface area contributed by atoms with Gasteiger partial charge in [-0.1, -0.05) is 75.4 Å². The van der Waals surface area contributed by atoms with Gasteiger partial charge < -0.3 is 29.9 Å². The number of carbonyl (C=O) groups excluding carboxylic acids is 3. The Morgan fingerprint density at radius 3 is 2.31 bits per heavy atom. The summed E-state index contributed by atoms with van der Waals surface area (Å²) in [7, 11) is 0. The summed E-state index contributed by atoms with van der Waals surface area (Å²) in [5.74, 6) is 0.939. The zero-order valence-corrected chi connectivity index (χ0v) is 42.1. The molecule has 9 rings (SSSR count). The number of aliphatic hydroxyl groups is 1. The number of aromatic hydroxyl groups is 1. The normalized spacial score (nSPS) is 15.2. The van der Waals surface area contributed by atoms with Gasteiger partial charge in [0.1, 0.15) is 35.7 Å². The molecular formula is C57H56FN5O7S2. The van der Waals surface area contributed by atoms with Crippen molar-refractivity contribution in [3.05, 3.63) is 156 Å². The Bertz CT molecular complexity index is 3200. The molecular weight excluding hydrogens is 950 g/mol. The number of benzene rings is 5. The molecule has 3 atom stereocenters. The highest BCUT2D eigenvalue weighted by molar-refractivity contribution is 7.22. The first-order chi connectivity index (χ1) is 34.6. The van der Waals surface area contributed by atoms with Crippen molar-refractivity contribution in [3.63, 3.8) is 0 Å². The van der Waals surface area contributed by atoms with Crippen LogP contribution in [0.5, 0.6) is 23.0 Å². The predicted molar refractivity (Wildman–Crippen MR) is 280 cm³/mol. The number of Topliss-reactive ketones (excluding diaryl/α,β-unsaturated/α-hetero) is 1. The summed E-state index contributed by atoms with van der Waals surface area (Å²) in [6.07, 6.45) is 2.54. The number of likely N-dealkylation sites (tertiary alicyclic amines) is 1. The molecule has 15 heteroatoms. The fraction of sp³-hybridized carbons (Fsp3) is 0.281. The molecule has 72 heavy (non-hydrogen) atoms. The third kappa shape index (κ3) is 11.8. The molecule has 3 aromatic heterocycles. The lowest BCUT2D eigenvalue weighted by atomic mass is 9.85. The van der Waals surface area contributed by atoms with Crippen molar-refractivity contribution in [2.24, 2.45) is 5.41 Å². The number of rotatable bonds is 18. The van der Waals surface area contributed by atoms with Crippen LogP contribution in [0, 0.1) is 18.2 Å². The lowest BCUT2D eigenvalue weighted by molar-refractivity contribution is -0.143. The van der Waals surface area contributed by atoms with Crippen LogP contribution in [0.4, 0.5) is 4.39 Å². The fourth-order valence-corrected chi connectivity index (χ4v) is 10.9. The minimum Gasteiger partial charge on any atom is -0.508 e. The van der Waals surface area contributed by atoms with Gasteiger partial charge in [-0.05, 0) is 114 Å². The maximum atomic E-state index is 14.2. The fourth-order valence-electron chi connectivity index (χ4n) is 8.96. The Morgan fingerprint density at radius 2 is 1.57 bits per heavy atom. The van der Waals surface area contributed by atoms with Gasteiger partial charge in [-0.3, -0.25) is 19.1 Å². The molecule has 3 N–H and O–H groups in total. The number of ketones is 1. The number of hydrogen-bond donors (Lipinski definition) is 3. The van der Waals surface area contributed by atoms with E-state index < -0.39 is 23.6 Å². The average molecular weight is 1010 g/mol. The van der Waals surface area contributed by atoms with Crippen LogP contribution in [0.25, 0.3) is 42.2 Å². The highest BCUT2D eigenvalue weighted by atomic mass is 32.1. The Hall–Kier alpha value is -7.20. The Balaban J connectivity index is 0.756. The number of fused-ring (bicyclic) bond motifs is 1. The van der Waals surface area contributed by atoms with Crippen LogP contribution in [0.3, 0.4) is 0 Å². The number of carbonyl (C=O) groups is 3. The summed E-state index contributed by atoms with van der Waals surface area (Å²) in [5.41, 5.74) is 7.64. The largest absolute Gasteiger partial charge is 0.508 e. The van der Waals surface area contributed by atoms with Crippen molar-refractivity contribution in [2.75, 3.05) is 13.2 Å². The number of hydrogen-bond acceptors (Lipinski definition) is 11. The third-order valence-corrected chi connectivity index (χ3v) is 15.0. The standard InChI is InChI=1S/C57H56FN5O7S2/c1-35-53(71-34-59-35)38-12-8-36(9-13-38)10-24-49(66)48-31-43(65)33-63(48)56(68)55(57(2,3)4)60-51(67)25-11-37-6-5-7-40(30-37)47-26-27-62(61-47)28-29-69-44-19-21-45(22-20-44)70-52-46-23-18-42(64)32-50(46)72-54(52)39-14-16-41(58)17-15-39/h5-9,12-23,26-27,30,32,34,43,48,55,64-65H,10-11,24-25,28-29,31,33H2,1-4H3,(H,60,67)/t43-,48+,55-/m1/s1. The van der Waals surface area contributed by atoms with Gasteiger partial charge in [0, 0.05) is 47.7 Å². The molecule has 0 spiro atoms. The third-order valence-electron chi connectivity index (χ3n) is 12.8. The molecule has 0 bridgehead atoms. The highest BCUT2D eigenvalue weighted by Crippen LogP contribution is 2.47. The van der Waals surface area contributed by atoms with E-state index in [1.54, 1.807) is 35.6 Å². The van der Waals surface area contributed by atoms with Gasteiger partial charge in [0.25, 0.3) is 0 Å². The number of nitrogens with one attached hydrogen (secondary N) is 1. The lowest BCUT2D eigenvalue weighted by Crippen LogP contribution is -2.56. The van der Waals surface area contributed by atoms with Crippen molar-refractivity contribution in [1.82, 2.24) is 25.0 Å². The molecule has 4 heterocycles. The number of halogens is 1. The average Bonchev–Trinajstić information content (AvgIpc) is 4.19. The van der Waals surface area contributed by atoms with Crippen LogP contribution < -0.4 is 14.8 Å². The zero-order valence-electron chi connectivity index (χ0n) is 40.5. The topological polar surface area (TPSA) is 156 Å². The van der Waals surface area contributed by atoms with E-state index in [2.05, 4.69) is 10.3 Å². The second-order valence-electron chi connectivity index (χ2n) is 19.2. The number of β-amino-alcohol motifs (C(OH)–C–C–N with tert-alkyl or cyclic N) is 1. The van der Waals surface area contributed by atoms with Gasteiger partial charge >= 0.3 is 0 Å². The summed E-state index contributed by atoms with van der Waals surface area (Å²) in [5, 5.41) is 29.4. The van der Waals surface area contributed by atoms with E-state index in [1.807, 2.05) is 129 Å². The molecule has 12 nitrogen and oxygen atoms in total. The first kappa shape index (κ1) is 49.8. The molecule has 5 aromatic carbocycles. The number of ether oxygens (including phenoxy) is 2. The number of aryl methyl sites for hydroxylation is 3. The van der Waals surface area contributed by atoms with Crippen LogP contribution >= 0.6 is 22.7 Å². The molecule has 1 fully saturated rings. The molecule has 1 aliphatic rings. The second-order valence-corrected chi connectivity index (χ2v) is 21.1. The minimum absolute atomic E-state index is 0.0343. The summed E-state index contributed by atoms with van der Waals surface area (Å²) in [6, 6.07) is 34.9. The van der Waals surface area contributed by atoms with Gasteiger partial charge in [0.15, 0.2) is 11.5 Å². The smallest absolute Gasteiger partial charge is 0.246 e. The van der Waals surface area contributed by atoms with Gasteiger partial charge in [-0.15, -0.1) is 22.7 Å². The van der Waals surface area contributed by atoms with E-state index in [1.165, 1.54) is 28.4 Å². The van der Waals surface area contributed by atoms with Crippen LogP contribution in [0.1, 0.15) is 56.9 Å². The van der Waals surface area contributed by atoms with Crippen LogP contribution in [0.15, 0.2) is 133 Å². The number of phenols is 1. The van der Waals surface area contributed by atoms with Gasteiger partial charge in [0.2, 0.25) is 11.8 Å². The number of nitrogens with zero attached hydrogens (tertiary/aromatic N) is 4. The van der Waals surface area contributed by atoms with Crippen LogP contribution in [-0.2, 0) is 33.8 Å². The molecule has 8 aromatic rings. The van der Waals surface area contributed by atoms with Crippen molar-refractivity contribution in [3.8, 4) is 55.1 Å². The van der Waals surface area contributed by atoms with E-state index >= 15 is 0 Å². The van der Waals surface area contributed by atoms with Gasteiger partial charge in [-0.2, -0.15) is 5.10 Å². The van der Waals surface area contributed by atoms with Crippen molar-refractivity contribution in [2.45, 2.75) is 84.5 Å². The summed E-state index contributed by atoms with van der Waals surface area (Å²) < 4.78 is 28.9. The Kier molecular flexibility index (Phi) is 15.0. The first-order valence-corrected chi connectivity index (χ1v) is 25.7. The zero-order chi connectivity index (χ0) is 50.5.